The van der Waals surface area contributed by atoms with E-state index in [-0.39, 0.29) is 17.2 Å². The fraction of sp³-hybridized carbons (Fsp3) is 0.423. The van der Waals surface area contributed by atoms with Crippen LogP contribution in [0.5, 0.6) is 0 Å². The molecule has 0 spiro atoms. The van der Waals surface area contributed by atoms with Crippen LogP contribution in [-0.4, -0.2) is 34.6 Å². The SMILES string of the molecule is CN1CCC(c2ccc(Nc3cc4c(cn3)cc(C#N)c(=O)n4C3CCCC3)cc2)CC1. The number of likely N-dealkylation sites (tertiary alicyclic amines) is 1. The fourth-order valence-corrected chi connectivity index (χ4v) is 5.23. The van der Waals surface area contributed by atoms with E-state index in [1.54, 1.807) is 12.3 Å². The van der Waals surface area contributed by atoms with Crippen LogP contribution in [0.4, 0.5) is 11.5 Å². The topological polar surface area (TPSA) is 74.0 Å². The summed E-state index contributed by atoms with van der Waals surface area (Å²) in [6, 6.07) is 14.5. The number of piperidine rings is 1. The monoisotopic (exact) mass is 427 g/mol. The third-order valence-corrected chi connectivity index (χ3v) is 7.10. The third-order valence-electron chi connectivity index (χ3n) is 7.10. The molecule has 1 aromatic carbocycles. The molecule has 2 aliphatic rings. The van der Waals surface area contributed by atoms with Gasteiger partial charge in [-0.3, -0.25) is 4.79 Å². The average Bonchev–Trinajstić information content (AvgIpc) is 3.34. The van der Waals surface area contributed by atoms with Crippen LogP contribution < -0.4 is 10.9 Å². The smallest absolute Gasteiger partial charge is 0.269 e. The van der Waals surface area contributed by atoms with Crippen LogP contribution in [0.2, 0.25) is 0 Å². The largest absolute Gasteiger partial charge is 0.340 e. The van der Waals surface area contributed by atoms with Gasteiger partial charge in [0.25, 0.3) is 5.56 Å². The lowest BCUT2D eigenvalue weighted by Crippen LogP contribution is -2.29. The van der Waals surface area contributed by atoms with Gasteiger partial charge in [0, 0.05) is 29.4 Å². The minimum Gasteiger partial charge on any atom is -0.340 e. The molecule has 0 radical (unpaired) electrons. The summed E-state index contributed by atoms with van der Waals surface area (Å²) in [5.74, 6) is 1.34. The summed E-state index contributed by atoms with van der Waals surface area (Å²) >= 11 is 0. The molecule has 6 heteroatoms. The average molecular weight is 428 g/mol. The second-order valence-electron chi connectivity index (χ2n) is 9.24. The van der Waals surface area contributed by atoms with Gasteiger partial charge in [-0.15, -0.1) is 0 Å². The van der Waals surface area contributed by atoms with Crippen molar-refractivity contribution >= 4 is 22.4 Å². The number of nitriles is 1. The van der Waals surface area contributed by atoms with Gasteiger partial charge in [-0.05, 0) is 75.5 Å². The lowest BCUT2D eigenvalue weighted by molar-refractivity contribution is 0.255. The van der Waals surface area contributed by atoms with E-state index in [2.05, 4.69) is 52.6 Å². The van der Waals surface area contributed by atoms with Crippen molar-refractivity contribution in [1.29, 1.82) is 5.26 Å². The molecule has 1 N–H and O–H groups in total. The van der Waals surface area contributed by atoms with Gasteiger partial charge >= 0.3 is 0 Å². The summed E-state index contributed by atoms with van der Waals surface area (Å²) < 4.78 is 1.83. The number of hydrogen-bond donors (Lipinski definition) is 1. The molecule has 1 saturated carbocycles. The number of nitrogens with one attached hydrogen (secondary N) is 1. The van der Waals surface area contributed by atoms with Gasteiger partial charge in [0.2, 0.25) is 0 Å². The van der Waals surface area contributed by atoms with Gasteiger partial charge in [-0.25, -0.2) is 4.98 Å². The summed E-state index contributed by atoms with van der Waals surface area (Å²) in [4.78, 5) is 19.9. The number of anilines is 2. The van der Waals surface area contributed by atoms with Crippen molar-refractivity contribution in [1.82, 2.24) is 14.5 Å². The first-order chi connectivity index (χ1) is 15.6. The maximum atomic E-state index is 13.0. The second kappa shape index (κ2) is 8.76. The molecule has 1 aliphatic carbocycles. The van der Waals surface area contributed by atoms with Crippen LogP contribution in [0.15, 0.2) is 47.4 Å². The number of rotatable bonds is 4. The van der Waals surface area contributed by atoms with Gasteiger partial charge in [-0.1, -0.05) is 25.0 Å². The Morgan fingerprint density at radius 3 is 2.47 bits per heavy atom. The number of nitrogens with zero attached hydrogens (tertiary/aromatic N) is 4. The zero-order chi connectivity index (χ0) is 22.1. The van der Waals surface area contributed by atoms with Crippen molar-refractivity contribution in [3.05, 3.63) is 64.1 Å². The Kier molecular flexibility index (Phi) is 5.67. The Morgan fingerprint density at radius 2 is 1.78 bits per heavy atom. The van der Waals surface area contributed by atoms with Crippen molar-refractivity contribution in [2.24, 2.45) is 0 Å². The normalized spacial score (nSPS) is 18.1. The van der Waals surface area contributed by atoms with Crippen LogP contribution in [0.25, 0.3) is 10.9 Å². The van der Waals surface area contributed by atoms with E-state index >= 15 is 0 Å². The molecule has 6 nitrogen and oxygen atoms in total. The first kappa shape index (κ1) is 20.7. The molecule has 1 aliphatic heterocycles. The molecule has 0 amide bonds. The lowest BCUT2D eigenvalue weighted by Gasteiger charge is -2.29. The molecule has 164 valence electrons. The van der Waals surface area contributed by atoms with E-state index in [4.69, 9.17) is 0 Å². The number of hydrogen-bond acceptors (Lipinski definition) is 5. The van der Waals surface area contributed by atoms with Crippen LogP contribution >= 0.6 is 0 Å². The second-order valence-corrected chi connectivity index (χ2v) is 9.24. The van der Waals surface area contributed by atoms with E-state index in [9.17, 15) is 10.1 Å². The van der Waals surface area contributed by atoms with Crippen LogP contribution in [0.1, 0.15) is 61.6 Å². The highest BCUT2D eigenvalue weighted by molar-refractivity contribution is 5.82. The van der Waals surface area contributed by atoms with Gasteiger partial charge in [-0.2, -0.15) is 5.26 Å². The van der Waals surface area contributed by atoms with E-state index in [0.29, 0.717) is 11.7 Å². The maximum absolute atomic E-state index is 13.0. The molecule has 3 heterocycles. The molecule has 0 atom stereocenters. The van der Waals surface area contributed by atoms with Crippen molar-refractivity contribution in [3.8, 4) is 6.07 Å². The standard InChI is InChI=1S/C26H29N5O/c1-30-12-10-19(11-13-30)18-6-8-22(9-7-18)29-25-15-24-21(17-28-25)14-20(16-27)26(32)31(24)23-4-2-3-5-23/h6-9,14-15,17,19,23H,2-5,10-13H2,1H3,(H,28,29). The summed E-state index contributed by atoms with van der Waals surface area (Å²) in [7, 11) is 2.19. The van der Waals surface area contributed by atoms with Gasteiger partial charge < -0.3 is 14.8 Å². The van der Waals surface area contributed by atoms with Crippen molar-refractivity contribution in [2.75, 3.05) is 25.5 Å². The molecule has 2 aromatic heterocycles. The number of benzene rings is 1. The van der Waals surface area contributed by atoms with Gasteiger partial charge in [0.15, 0.2) is 0 Å². The highest BCUT2D eigenvalue weighted by atomic mass is 16.1. The van der Waals surface area contributed by atoms with E-state index in [1.807, 2.05) is 10.6 Å². The first-order valence-corrected chi connectivity index (χ1v) is 11.6. The Labute approximate surface area is 188 Å². The van der Waals surface area contributed by atoms with Crippen molar-refractivity contribution in [3.63, 3.8) is 0 Å². The predicted molar refractivity (Wildman–Crippen MR) is 127 cm³/mol. The Balaban J connectivity index is 1.43. The highest BCUT2D eigenvalue weighted by Gasteiger charge is 2.22. The molecular weight excluding hydrogens is 398 g/mol. The van der Waals surface area contributed by atoms with Crippen molar-refractivity contribution in [2.45, 2.75) is 50.5 Å². The summed E-state index contributed by atoms with van der Waals surface area (Å²) in [6.45, 7) is 2.31. The molecule has 2 fully saturated rings. The molecular formula is C26H29N5O. The number of fused-ring (bicyclic) bond motifs is 1. The molecule has 1 saturated heterocycles. The highest BCUT2D eigenvalue weighted by Crippen LogP contribution is 2.32. The third kappa shape index (κ3) is 4.01. The summed E-state index contributed by atoms with van der Waals surface area (Å²) in [5, 5.41) is 13.7. The van der Waals surface area contributed by atoms with E-state index in [0.717, 1.165) is 55.4 Å². The molecule has 0 unspecified atom stereocenters. The van der Waals surface area contributed by atoms with Gasteiger partial charge in [0.1, 0.15) is 17.5 Å². The maximum Gasteiger partial charge on any atom is 0.269 e. The quantitative estimate of drug-likeness (QED) is 0.639. The Bertz CT molecular complexity index is 1210. The van der Waals surface area contributed by atoms with E-state index in [1.165, 1.54) is 18.4 Å². The van der Waals surface area contributed by atoms with Crippen molar-refractivity contribution < 1.29 is 0 Å². The zero-order valence-electron chi connectivity index (χ0n) is 18.6. The lowest BCUT2D eigenvalue weighted by atomic mass is 9.89. The Morgan fingerprint density at radius 1 is 1.06 bits per heavy atom. The van der Waals surface area contributed by atoms with Crippen LogP contribution in [0.3, 0.4) is 0 Å². The minimum atomic E-state index is -0.188. The zero-order valence-corrected chi connectivity index (χ0v) is 18.6. The fourth-order valence-electron chi connectivity index (χ4n) is 5.23. The molecule has 5 rings (SSSR count). The molecule has 32 heavy (non-hydrogen) atoms. The molecule has 0 bridgehead atoms. The van der Waals surface area contributed by atoms with Gasteiger partial charge in [0.05, 0.1) is 5.52 Å². The molecule has 3 aromatic rings. The Hall–Kier alpha value is -3.17. The number of pyridine rings is 2. The summed E-state index contributed by atoms with van der Waals surface area (Å²) in [6.07, 6.45) is 8.37. The number of aromatic nitrogens is 2. The predicted octanol–water partition coefficient (Wildman–Crippen LogP) is 4.94. The van der Waals surface area contributed by atoms with Crippen LogP contribution in [-0.2, 0) is 0 Å². The van der Waals surface area contributed by atoms with Crippen LogP contribution in [0, 0.1) is 11.3 Å². The summed E-state index contributed by atoms with van der Waals surface area (Å²) in [5.41, 5.74) is 3.23. The first-order valence-electron chi connectivity index (χ1n) is 11.6. The van der Waals surface area contributed by atoms with E-state index < -0.39 is 0 Å². The minimum absolute atomic E-state index is 0.155.